The second-order valence-corrected chi connectivity index (χ2v) is 6.99. The van der Waals surface area contributed by atoms with Crippen molar-refractivity contribution in [2.75, 3.05) is 0 Å². The fourth-order valence-corrected chi connectivity index (χ4v) is 3.33. The van der Waals surface area contributed by atoms with Crippen molar-refractivity contribution in [3.63, 3.8) is 0 Å². The molecule has 3 fully saturated rings. The Morgan fingerprint density at radius 1 is 1.07 bits per heavy atom. The van der Waals surface area contributed by atoms with Crippen LogP contribution in [0.25, 0.3) is 0 Å². The van der Waals surface area contributed by atoms with Gasteiger partial charge in [-0.1, -0.05) is 38.5 Å². The van der Waals surface area contributed by atoms with Crippen LogP contribution in [0.4, 0.5) is 0 Å². The molecule has 2 N–H and O–H groups in total. The number of ether oxygens (including phenoxy) is 3. The molecule has 0 aromatic carbocycles. The minimum atomic E-state index is -0.167. The van der Waals surface area contributed by atoms with E-state index in [1.165, 1.54) is 57.0 Å². The largest absolute Gasteiger partial charge is 2.00 e. The summed E-state index contributed by atoms with van der Waals surface area (Å²) in [5, 5.41) is 0. The molecule has 1 aliphatic heterocycles. The van der Waals surface area contributed by atoms with Gasteiger partial charge in [0.25, 0.3) is 0 Å². The Bertz CT molecular complexity index is 430. The molecule has 0 radical (unpaired) electrons. The van der Waals surface area contributed by atoms with Crippen molar-refractivity contribution in [2.45, 2.75) is 82.5 Å². The third-order valence-corrected chi connectivity index (χ3v) is 4.69. The van der Waals surface area contributed by atoms with Crippen molar-refractivity contribution in [1.29, 1.82) is 0 Å². The molecule has 0 aromatic rings. The topological polar surface area (TPSA) is 70.8 Å². The van der Waals surface area contributed by atoms with Gasteiger partial charge in [0.05, 0.1) is 0 Å². The average molecular weight is 1080 g/mol. The molecule has 3 unspecified atom stereocenters. The van der Waals surface area contributed by atoms with Crippen LogP contribution in [0.15, 0.2) is 12.3 Å². The van der Waals surface area contributed by atoms with Crippen LogP contribution >= 0.6 is 0 Å². The van der Waals surface area contributed by atoms with Crippen LogP contribution in [0.2, 0.25) is 0 Å². The predicted molar refractivity (Wildman–Crippen MR) is 100 cm³/mol. The SMILES string of the molecule is C=C(N)[C-]=O.[CH2-]C(O[C-]1CCCCC1)C1[CH-]C(O[C-]2CCCCC2)[CH-]O1.[U+2].[U+2].[U+2]. The average Bonchev–Trinajstić information content (AvgIpc) is 3.12. The Kier molecular flexibility index (Phi) is 22.7. The minimum absolute atomic E-state index is 0. The fourth-order valence-electron chi connectivity index (χ4n) is 3.33. The first-order valence-electron chi connectivity index (χ1n) is 9.60. The number of hydrogen-bond donors (Lipinski definition) is 1. The normalized spacial score (nSPS) is 25.8. The Labute approximate surface area is 248 Å². The second kappa shape index (κ2) is 19.7. The molecule has 3 rings (SSSR count). The molecular formula is C21H31NO4U3. The first-order valence-corrected chi connectivity index (χ1v) is 9.60. The van der Waals surface area contributed by atoms with Crippen LogP contribution < -0.4 is 5.73 Å². The maximum Gasteiger partial charge on any atom is 2.00 e. The van der Waals surface area contributed by atoms with Gasteiger partial charge in [0.15, 0.2) is 0 Å². The molecule has 3 aliphatic rings. The third-order valence-electron chi connectivity index (χ3n) is 4.69. The van der Waals surface area contributed by atoms with Crippen molar-refractivity contribution < 1.29 is 112 Å². The quantitative estimate of drug-likeness (QED) is 0.323. The molecule has 29 heavy (non-hydrogen) atoms. The van der Waals surface area contributed by atoms with Crippen LogP contribution in [0, 0.1) is 125 Å². The predicted octanol–water partition coefficient (Wildman–Crippen LogP) is 3.92. The van der Waals surface area contributed by atoms with E-state index in [0.29, 0.717) is 0 Å². The van der Waals surface area contributed by atoms with Crippen molar-refractivity contribution in [2.24, 2.45) is 5.73 Å². The smallest absolute Gasteiger partial charge is 0.600 e. The molecule has 0 aromatic heterocycles. The van der Waals surface area contributed by atoms with E-state index in [1.807, 2.05) is 0 Å². The monoisotopic (exact) mass is 1080 g/mol. The maximum atomic E-state index is 9.16. The van der Waals surface area contributed by atoms with E-state index in [1.54, 1.807) is 6.61 Å². The zero-order chi connectivity index (χ0) is 18.8. The Morgan fingerprint density at radius 2 is 1.55 bits per heavy atom. The van der Waals surface area contributed by atoms with E-state index < -0.39 is 0 Å². The molecule has 0 spiro atoms. The van der Waals surface area contributed by atoms with Gasteiger partial charge in [-0.05, 0) is 0 Å². The van der Waals surface area contributed by atoms with Gasteiger partial charge in [-0.15, -0.1) is 17.9 Å². The number of carbonyl (C=O) groups excluding carboxylic acids is 1. The summed E-state index contributed by atoms with van der Waals surface area (Å²) in [6.07, 6.45) is 17.6. The summed E-state index contributed by atoms with van der Waals surface area (Å²) in [5.41, 5.74) is 4.62. The first kappa shape index (κ1) is 33.4. The summed E-state index contributed by atoms with van der Waals surface area (Å²) in [6.45, 7) is 8.93. The Hall–Kier alpha value is 2.25. The molecule has 3 atom stereocenters. The zero-order valence-corrected chi connectivity index (χ0v) is 29.6. The van der Waals surface area contributed by atoms with Crippen LogP contribution in [-0.4, -0.2) is 24.6 Å². The molecule has 0 amide bonds. The number of rotatable bonds is 6. The summed E-state index contributed by atoms with van der Waals surface area (Å²) >= 11 is 0. The van der Waals surface area contributed by atoms with E-state index in [0.717, 1.165) is 25.7 Å². The molecule has 0 bridgehead atoms. The second-order valence-electron chi connectivity index (χ2n) is 6.99. The van der Waals surface area contributed by atoms with E-state index in [2.05, 4.69) is 25.7 Å². The van der Waals surface area contributed by atoms with Crippen LogP contribution in [0.3, 0.4) is 0 Å². The molecule has 156 valence electrons. The van der Waals surface area contributed by atoms with Crippen molar-refractivity contribution in [3.8, 4) is 0 Å². The Morgan fingerprint density at radius 3 is 2.03 bits per heavy atom. The first-order chi connectivity index (χ1) is 12.6. The fraction of sp³-hybridized carbons (Fsp3) is 0.619. The molecule has 5 nitrogen and oxygen atoms in total. The Balaban J connectivity index is 0. The molecule has 8 heteroatoms. The number of nitrogens with two attached hydrogens (primary N) is 1. The van der Waals surface area contributed by atoms with Gasteiger partial charge in [0.2, 0.25) is 0 Å². The van der Waals surface area contributed by atoms with Crippen LogP contribution in [-0.2, 0) is 19.0 Å². The van der Waals surface area contributed by atoms with Crippen molar-refractivity contribution in [1.82, 2.24) is 0 Å². The summed E-state index contributed by atoms with van der Waals surface area (Å²) in [5.74, 6) is 0. The standard InChI is InChI=1S/C18H27O3.C3H4NO.3U/c1-14(20-15-8-4-2-5-9-15)18-12-17(13-19-18)21-16-10-6-3-7-11-16;1-3(4)2-5;;;/h12-14,17-18H,1-11H2;1,4H2;;;/q-5;-1;3*+2. The van der Waals surface area contributed by atoms with Gasteiger partial charge in [-0.3, -0.25) is 0 Å². The van der Waals surface area contributed by atoms with E-state index >= 15 is 0 Å². The minimum Gasteiger partial charge on any atom is -0.600 e. The summed E-state index contributed by atoms with van der Waals surface area (Å²) < 4.78 is 17.7. The van der Waals surface area contributed by atoms with E-state index in [4.69, 9.17) is 19.0 Å². The molecule has 2 aliphatic carbocycles. The van der Waals surface area contributed by atoms with Gasteiger partial charge >= 0.3 is 93.3 Å². The molecule has 1 heterocycles. The summed E-state index contributed by atoms with van der Waals surface area (Å²) in [7, 11) is 0. The van der Waals surface area contributed by atoms with E-state index in [-0.39, 0.29) is 117 Å². The third kappa shape index (κ3) is 14.2. The van der Waals surface area contributed by atoms with Crippen LogP contribution in [0.5, 0.6) is 0 Å². The van der Waals surface area contributed by atoms with Gasteiger partial charge in [0, 0.05) is 6.29 Å². The number of hydrogen-bond acceptors (Lipinski definition) is 5. The van der Waals surface area contributed by atoms with Gasteiger partial charge in [0.1, 0.15) is 0 Å². The molecule has 1 saturated heterocycles. The van der Waals surface area contributed by atoms with Crippen molar-refractivity contribution >= 4 is 6.29 Å². The van der Waals surface area contributed by atoms with Crippen molar-refractivity contribution in [3.05, 3.63) is 44.4 Å². The maximum absolute atomic E-state index is 9.16. The van der Waals surface area contributed by atoms with Gasteiger partial charge in [-0.25, -0.2) is 25.4 Å². The van der Waals surface area contributed by atoms with Crippen LogP contribution in [0.1, 0.15) is 64.2 Å². The molecular weight excluding hydrogens is 1040 g/mol. The van der Waals surface area contributed by atoms with Gasteiger partial charge in [-0.2, -0.15) is 31.8 Å². The van der Waals surface area contributed by atoms with Gasteiger partial charge < -0.3 is 38.1 Å². The van der Waals surface area contributed by atoms with E-state index in [9.17, 15) is 0 Å². The molecule has 2 saturated carbocycles. The zero-order valence-electron chi connectivity index (χ0n) is 17.1. The number of allylic oxidation sites excluding steroid dienone is 1. The summed E-state index contributed by atoms with van der Waals surface area (Å²) in [6, 6.07) is 0. The summed E-state index contributed by atoms with van der Waals surface area (Å²) in [4.78, 5) is 9.16.